The van der Waals surface area contributed by atoms with E-state index in [1.165, 1.54) is 6.33 Å². The Labute approximate surface area is 128 Å². The fourth-order valence-electron chi connectivity index (χ4n) is 2.96. The van der Waals surface area contributed by atoms with Crippen molar-refractivity contribution in [2.24, 2.45) is 0 Å². The molecule has 1 aromatic heterocycles. The van der Waals surface area contributed by atoms with Gasteiger partial charge in [-0.2, -0.15) is 5.10 Å². The van der Waals surface area contributed by atoms with Crippen molar-refractivity contribution >= 4 is 10.8 Å². The molecular formula is C17H16N3O2. The van der Waals surface area contributed by atoms with Crippen LogP contribution in [0.4, 0.5) is 0 Å². The Hall–Kier alpha value is -2.24. The molecule has 111 valence electrons. The molecule has 2 unspecified atom stereocenters. The van der Waals surface area contributed by atoms with Crippen LogP contribution in [0.25, 0.3) is 10.8 Å². The van der Waals surface area contributed by atoms with Crippen molar-refractivity contribution in [2.75, 3.05) is 6.61 Å². The number of ether oxygens (including phenoxy) is 2. The lowest BCUT2D eigenvalue weighted by Gasteiger charge is -2.29. The van der Waals surface area contributed by atoms with Crippen LogP contribution in [-0.4, -0.2) is 27.5 Å². The second-order valence-electron chi connectivity index (χ2n) is 5.42. The van der Waals surface area contributed by atoms with Crippen LogP contribution >= 0.6 is 0 Å². The summed E-state index contributed by atoms with van der Waals surface area (Å²) in [6.45, 7) is 4.87. The van der Waals surface area contributed by atoms with Crippen molar-refractivity contribution in [2.45, 2.75) is 18.4 Å². The second kappa shape index (κ2) is 5.19. The minimum Gasteiger partial charge on any atom is -0.342 e. The number of benzene rings is 2. The topological polar surface area (TPSA) is 49.2 Å². The Morgan fingerprint density at radius 1 is 1.23 bits per heavy atom. The highest BCUT2D eigenvalue weighted by Crippen LogP contribution is 2.39. The first-order valence-corrected chi connectivity index (χ1v) is 7.22. The van der Waals surface area contributed by atoms with Gasteiger partial charge in [-0.05, 0) is 17.7 Å². The maximum absolute atomic E-state index is 6.09. The normalized spacial score (nSPS) is 24.9. The summed E-state index contributed by atoms with van der Waals surface area (Å²) in [5.74, 6) is -0.888. The monoisotopic (exact) mass is 294 g/mol. The molecule has 2 aromatic carbocycles. The van der Waals surface area contributed by atoms with Crippen molar-refractivity contribution in [3.8, 4) is 0 Å². The van der Waals surface area contributed by atoms with E-state index in [9.17, 15) is 0 Å². The van der Waals surface area contributed by atoms with Gasteiger partial charge in [-0.1, -0.05) is 42.5 Å². The molecule has 0 saturated carbocycles. The molecule has 1 saturated heterocycles. The molecule has 2 atom stereocenters. The first-order valence-electron chi connectivity index (χ1n) is 7.22. The van der Waals surface area contributed by atoms with Gasteiger partial charge in [0.05, 0.1) is 12.7 Å². The molecule has 0 amide bonds. The molecule has 4 rings (SSSR count). The van der Waals surface area contributed by atoms with Gasteiger partial charge in [0, 0.05) is 5.56 Å². The van der Waals surface area contributed by atoms with E-state index >= 15 is 0 Å². The largest absolute Gasteiger partial charge is 0.342 e. The molecule has 0 spiro atoms. The number of aromatic nitrogens is 3. The lowest BCUT2D eigenvalue weighted by Crippen LogP contribution is -2.34. The fraction of sp³-hybridized carbons (Fsp3) is 0.235. The zero-order valence-electron chi connectivity index (χ0n) is 12.1. The number of hydrogen-bond acceptors (Lipinski definition) is 4. The van der Waals surface area contributed by atoms with E-state index in [0.717, 1.165) is 16.3 Å². The molecule has 1 aliphatic rings. The molecule has 0 N–H and O–H groups in total. The van der Waals surface area contributed by atoms with E-state index in [0.29, 0.717) is 13.2 Å². The highest BCUT2D eigenvalue weighted by atomic mass is 16.7. The second-order valence-corrected chi connectivity index (χ2v) is 5.42. The molecule has 1 fully saturated rings. The summed E-state index contributed by atoms with van der Waals surface area (Å²) in [4.78, 5) is 4.00. The van der Waals surface area contributed by atoms with Crippen LogP contribution in [0.1, 0.15) is 5.56 Å². The van der Waals surface area contributed by atoms with Gasteiger partial charge < -0.3 is 9.47 Å². The Morgan fingerprint density at radius 2 is 2.09 bits per heavy atom. The average molecular weight is 294 g/mol. The van der Waals surface area contributed by atoms with Crippen LogP contribution in [0.3, 0.4) is 0 Å². The Morgan fingerprint density at radius 3 is 2.86 bits per heavy atom. The highest BCUT2D eigenvalue weighted by molar-refractivity contribution is 5.86. The zero-order chi connectivity index (χ0) is 15.0. The van der Waals surface area contributed by atoms with Gasteiger partial charge in [0.1, 0.15) is 19.2 Å². The van der Waals surface area contributed by atoms with Gasteiger partial charge in [0.25, 0.3) is 0 Å². The number of hydrogen-bond donors (Lipinski definition) is 0. The van der Waals surface area contributed by atoms with Crippen LogP contribution in [0.2, 0.25) is 0 Å². The summed E-state index contributed by atoms with van der Waals surface area (Å²) >= 11 is 0. The van der Waals surface area contributed by atoms with E-state index < -0.39 is 5.79 Å². The molecular weight excluding hydrogens is 278 g/mol. The van der Waals surface area contributed by atoms with Gasteiger partial charge in [-0.3, -0.25) is 0 Å². The fourth-order valence-corrected chi connectivity index (χ4v) is 2.96. The predicted molar refractivity (Wildman–Crippen MR) is 81.8 cm³/mol. The Kier molecular flexibility index (Phi) is 3.17. The molecule has 5 heteroatoms. The molecule has 0 bridgehead atoms. The van der Waals surface area contributed by atoms with Gasteiger partial charge in [-0.25, -0.2) is 9.67 Å². The molecule has 2 heterocycles. The number of rotatable bonds is 3. The quantitative estimate of drug-likeness (QED) is 0.745. The first kappa shape index (κ1) is 13.4. The Bertz CT molecular complexity index is 782. The SMILES string of the molecule is [CH2]C1COC(Cn2cncn2)(c2cccc3ccccc23)O1. The molecule has 0 aliphatic carbocycles. The minimum absolute atomic E-state index is 0.206. The van der Waals surface area contributed by atoms with Crippen LogP contribution < -0.4 is 0 Å². The standard InChI is InChI=1S/C17H16N3O2/c1-13-9-21-17(22-13,10-20-12-18-11-19-20)16-8-4-6-14-5-2-3-7-15(14)16/h2-8,11-13H,1,9-10H2. The molecule has 3 aromatic rings. The summed E-state index contributed by atoms with van der Waals surface area (Å²) in [5.41, 5.74) is 0.993. The third-order valence-corrected chi connectivity index (χ3v) is 3.90. The van der Waals surface area contributed by atoms with E-state index in [2.05, 4.69) is 35.2 Å². The smallest absolute Gasteiger partial charge is 0.216 e. The maximum Gasteiger partial charge on any atom is 0.216 e. The van der Waals surface area contributed by atoms with Crippen molar-refractivity contribution in [1.82, 2.24) is 14.8 Å². The third-order valence-electron chi connectivity index (χ3n) is 3.90. The molecule has 1 radical (unpaired) electrons. The van der Waals surface area contributed by atoms with Gasteiger partial charge in [0.15, 0.2) is 0 Å². The summed E-state index contributed by atoms with van der Waals surface area (Å²) < 4.78 is 13.9. The lowest BCUT2D eigenvalue weighted by molar-refractivity contribution is -0.183. The first-order chi connectivity index (χ1) is 10.8. The van der Waals surface area contributed by atoms with E-state index in [4.69, 9.17) is 9.47 Å². The summed E-state index contributed by atoms with van der Waals surface area (Å²) in [6, 6.07) is 14.3. The maximum atomic E-state index is 6.09. The van der Waals surface area contributed by atoms with Crippen molar-refractivity contribution < 1.29 is 9.47 Å². The number of nitrogens with zero attached hydrogens (tertiary/aromatic N) is 3. The average Bonchev–Trinajstić information content (AvgIpc) is 3.18. The summed E-state index contributed by atoms with van der Waals surface area (Å²) in [6.07, 6.45) is 2.96. The van der Waals surface area contributed by atoms with Crippen LogP contribution in [-0.2, 0) is 21.8 Å². The van der Waals surface area contributed by atoms with Crippen molar-refractivity contribution in [3.63, 3.8) is 0 Å². The molecule has 22 heavy (non-hydrogen) atoms. The van der Waals surface area contributed by atoms with Crippen LogP contribution in [0, 0.1) is 6.92 Å². The van der Waals surface area contributed by atoms with Gasteiger partial charge in [-0.15, -0.1) is 0 Å². The minimum atomic E-state index is -0.888. The lowest BCUT2D eigenvalue weighted by atomic mass is 9.97. The van der Waals surface area contributed by atoms with E-state index in [1.807, 2.05) is 24.3 Å². The summed E-state index contributed by atoms with van der Waals surface area (Å²) in [7, 11) is 0. The zero-order valence-corrected chi connectivity index (χ0v) is 12.1. The van der Waals surface area contributed by atoms with Gasteiger partial charge >= 0.3 is 0 Å². The molecule has 5 nitrogen and oxygen atoms in total. The Balaban J connectivity index is 1.86. The third kappa shape index (κ3) is 2.19. The van der Waals surface area contributed by atoms with E-state index in [-0.39, 0.29) is 6.10 Å². The van der Waals surface area contributed by atoms with Crippen molar-refractivity contribution in [3.05, 3.63) is 67.6 Å². The predicted octanol–water partition coefficient (Wildman–Crippen LogP) is 2.53. The van der Waals surface area contributed by atoms with Crippen LogP contribution in [0.5, 0.6) is 0 Å². The highest BCUT2D eigenvalue weighted by Gasteiger charge is 2.43. The van der Waals surface area contributed by atoms with Gasteiger partial charge in [0.2, 0.25) is 5.79 Å². The number of fused-ring (bicyclic) bond motifs is 1. The molecule has 1 aliphatic heterocycles. The van der Waals surface area contributed by atoms with Crippen molar-refractivity contribution in [1.29, 1.82) is 0 Å². The van der Waals surface area contributed by atoms with Crippen LogP contribution in [0.15, 0.2) is 55.1 Å². The summed E-state index contributed by atoms with van der Waals surface area (Å²) in [5, 5.41) is 6.44. The van der Waals surface area contributed by atoms with E-state index in [1.54, 1.807) is 11.0 Å².